The van der Waals surface area contributed by atoms with E-state index in [0.29, 0.717) is 0 Å². The molecule has 90 valence electrons. The molecule has 0 aliphatic rings. The molecule has 0 saturated carbocycles. The molecule has 0 fully saturated rings. The lowest BCUT2D eigenvalue weighted by Crippen LogP contribution is -2.05. The minimum atomic E-state index is 0.124. The summed E-state index contributed by atoms with van der Waals surface area (Å²) in [5.41, 5.74) is 1.41. The van der Waals surface area contributed by atoms with Crippen molar-refractivity contribution >= 4 is 15.9 Å². The highest BCUT2D eigenvalue weighted by molar-refractivity contribution is 9.09. The summed E-state index contributed by atoms with van der Waals surface area (Å²) in [5.74, 6) is 0.947. The van der Waals surface area contributed by atoms with E-state index < -0.39 is 0 Å². The van der Waals surface area contributed by atoms with Crippen molar-refractivity contribution in [1.82, 2.24) is 0 Å². The van der Waals surface area contributed by atoms with Crippen LogP contribution in [-0.2, 0) is 6.42 Å². The fourth-order valence-electron chi connectivity index (χ4n) is 1.54. The molecule has 1 atom stereocenters. The van der Waals surface area contributed by atoms with E-state index in [1.165, 1.54) is 31.2 Å². The Morgan fingerprint density at radius 1 is 1.12 bits per heavy atom. The Morgan fingerprint density at radius 2 is 1.81 bits per heavy atom. The number of aryl methyl sites for hydroxylation is 1. The summed E-state index contributed by atoms with van der Waals surface area (Å²) in [5, 5.41) is 0.124. The third kappa shape index (κ3) is 5.02. The van der Waals surface area contributed by atoms with Gasteiger partial charge in [0.2, 0.25) is 0 Å². The van der Waals surface area contributed by atoms with Gasteiger partial charge in [0.25, 0.3) is 0 Å². The number of hydrogen-bond acceptors (Lipinski definition) is 1. The summed E-state index contributed by atoms with van der Waals surface area (Å²) >= 11 is 3.46. The average molecular weight is 285 g/mol. The van der Waals surface area contributed by atoms with Crippen molar-refractivity contribution in [1.29, 1.82) is 0 Å². The number of halogens is 1. The summed E-state index contributed by atoms with van der Waals surface area (Å²) in [6.07, 6.45) is 6.03. The smallest absolute Gasteiger partial charge is 0.153 e. The number of benzene rings is 1. The molecule has 0 aliphatic carbocycles. The number of unbranched alkanes of at least 4 members (excludes halogenated alkanes) is 2. The third-order valence-corrected chi connectivity index (χ3v) is 3.41. The largest absolute Gasteiger partial charge is 0.479 e. The van der Waals surface area contributed by atoms with Crippen molar-refractivity contribution in [2.75, 3.05) is 0 Å². The molecule has 0 spiro atoms. The molecule has 0 N–H and O–H groups in total. The molecule has 0 saturated heterocycles. The molecular weight excluding hydrogens is 264 g/mol. The van der Waals surface area contributed by atoms with E-state index >= 15 is 0 Å². The van der Waals surface area contributed by atoms with Gasteiger partial charge in [-0.25, -0.2) is 0 Å². The normalized spacial score (nSPS) is 12.4. The zero-order valence-corrected chi connectivity index (χ0v) is 11.8. The van der Waals surface area contributed by atoms with Crippen LogP contribution in [0.2, 0.25) is 0 Å². The van der Waals surface area contributed by atoms with Crippen molar-refractivity contribution in [3.05, 3.63) is 29.8 Å². The first-order chi connectivity index (χ1) is 7.76. The van der Waals surface area contributed by atoms with Gasteiger partial charge >= 0.3 is 0 Å². The summed E-state index contributed by atoms with van der Waals surface area (Å²) < 4.78 is 5.66. The van der Waals surface area contributed by atoms with Crippen LogP contribution in [0.15, 0.2) is 24.3 Å². The van der Waals surface area contributed by atoms with E-state index in [1.807, 2.05) is 0 Å². The van der Waals surface area contributed by atoms with E-state index in [4.69, 9.17) is 4.74 Å². The van der Waals surface area contributed by atoms with Crippen molar-refractivity contribution in [3.8, 4) is 5.75 Å². The van der Waals surface area contributed by atoms with Crippen LogP contribution in [0.5, 0.6) is 5.75 Å². The molecule has 16 heavy (non-hydrogen) atoms. The molecule has 0 aliphatic heterocycles. The highest BCUT2D eigenvalue weighted by Crippen LogP contribution is 2.18. The highest BCUT2D eigenvalue weighted by atomic mass is 79.9. The minimum absolute atomic E-state index is 0.124. The molecule has 2 heteroatoms. The Bertz CT molecular complexity index is 281. The molecule has 0 heterocycles. The van der Waals surface area contributed by atoms with Crippen LogP contribution in [0, 0.1) is 0 Å². The van der Waals surface area contributed by atoms with Crippen LogP contribution in [0.25, 0.3) is 0 Å². The number of rotatable bonds is 7. The molecule has 0 amide bonds. The van der Waals surface area contributed by atoms with Gasteiger partial charge in [0.15, 0.2) is 5.01 Å². The van der Waals surface area contributed by atoms with Crippen molar-refractivity contribution < 1.29 is 4.74 Å². The second kappa shape index (κ2) is 7.72. The predicted octanol–water partition coefficient (Wildman–Crippen LogP) is 4.93. The van der Waals surface area contributed by atoms with Gasteiger partial charge in [-0.3, -0.25) is 0 Å². The van der Waals surface area contributed by atoms with Gasteiger partial charge in [-0.05, 0) is 52.9 Å². The molecule has 1 rings (SSSR count). The summed E-state index contributed by atoms with van der Waals surface area (Å²) in [4.78, 5) is 0. The van der Waals surface area contributed by atoms with E-state index in [9.17, 15) is 0 Å². The quantitative estimate of drug-likeness (QED) is 0.510. The first-order valence-electron chi connectivity index (χ1n) is 6.16. The van der Waals surface area contributed by atoms with Crippen molar-refractivity contribution in [2.45, 2.75) is 51.0 Å². The molecular formula is C14H21BrO. The van der Waals surface area contributed by atoms with Gasteiger partial charge in [-0.15, -0.1) is 0 Å². The Balaban J connectivity index is 2.41. The average Bonchev–Trinajstić information content (AvgIpc) is 2.31. The lowest BCUT2D eigenvalue weighted by molar-refractivity contribution is 0.290. The highest BCUT2D eigenvalue weighted by Gasteiger charge is 2.02. The summed E-state index contributed by atoms with van der Waals surface area (Å²) in [6.45, 7) is 4.33. The lowest BCUT2D eigenvalue weighted by atomic mass is 10.1. The first-order valence-corrected chi connectivity index (χ1v) is 7.07. The lowest BCUT2D eigenvalue weighted by Gasteiger charge is -2.11. The van der Waals surface area contributed by atoms with E-state index in [1.54, 1.807) is 0 Å². The molecule has 1 aromatic carbocycles. The monoisotopic (exact) mass is 284 g/mol. The second-order valence-electron chi connectivity index (χ2n) is 4.04. The van der Waals surface area contributed by atoms with E-state index in [0.717, 1.165) is 12.2 Å². The maximum Gasteiger partial charge on any atom is 0.153 e. The van der Waals surface area contributed by atoms with E-state index in [2.05, 4.69) is 54.0 Å². The van der Waals surface area contributed by atoms with Crippen LogP contribution in [0.3, 0.4) is 0 Å². The Labute approximate surface area is 107 Å². The van der Waals surface area contributed by atoms with Gasteiger partial charge in [-0.1, -0.05) is 38.8 Å². The SMILES string of the molecule is CCCCCc1ccc(OC(Br)CC)cc1. The summed E-state index contributed by atoms with van der Waals surface area (Å²) in [6, 6.07) is 8.46. The van der Waals surface area contributed by atoms with Gasteiger partial charge in [-0.2, -0.15) is 0 Å². The molecule has 0 bridgehead atoms. The molecule has 1 nitrogen and oxygen atoms in total. The fourth-order valence-corrected chi connectivity index (χ4v) is 1.76. The number of ether oxygens (including phenoxy) is 1. The van der Waals surface area contributed by atoms with Crippen molar-refractivity contribution in [2.24, 2.45) is 0 Å². The van der Waals surface area contributed by atoms with Crippen LogP contribution in [0.1, 0.15) is 45.1 Å². The van der Waals surface area contributed by atoms with Crippen LogP contribution in [-0.4, -0.2) is 5.01 Å². The number of alkyl halides is 1. The zero-order valence-electron chi connectivity index (χ0n) is 10.2. The van der Waals surface area contributed by atoms with Gasteiger partial charge in [0.05, 0.1) is 0 Å². The Kier molecular flexibility index (Phi) is 6.55. The van der Waals surface area contributed by atoms with Crippen molar-refractivity contribution in [3.63, 3.8) is 0 Å². The minimum Gasteiger partial charge on any atom is -0.479 e. The maximum atomic E-state index is 5.66. The van der Waals surface area contributed by atoms with Crippen LogP contribution in [0.4, 0.5) is 0 Å². The van der Waals surface area contributed by atoms with Crippen LogP contribution >= 0.6 is 15.9 Å². The number of hydrogen-bond donors (Lipinski definition) is 0. The predicted molar refractivity (Wildman–Crippen MR) is 73.3 cm³/mol. The maximum absolute atomic E-state index is 5.66. The van der Waals surface area contributed by atoms with Crippen LogP contribution < -0.4 is 4.74 Å². The Morgan fingerprint density at radius 3 is 2.38 bits per heavy atom. The fraction of sp³-hybridized carbons (Fsp3) is 0.571. The standard InChI is InChI=1S/C14H21BrO/c1-3-5-6-7-12-8-10-13(11-9-12)16-14(15)4-2/h8-11,14H,3-7H2,1-2H3. The molecule has 1 aromatic rings. The molecule has 1 unspecified atom stereocenters. The van der Waals surface area contributed by atoms with Gasteiger partial charge in [0, 0.05) is 0 Å². The van der Waals surface area contributed by atoms with E-state index in [-0.39, 0.29) is 5.01 Å². The third-order valence-electron chi connectivity index (χ3n) is 2.58. The second-order valence-corrected chi connectivity index (χ2v) is 5.06. The zero-order chi connectivity index (χ0) is 11.8. The summed E-state index contributed by atoms with van der Waals surface area (Å²) in [7, 11) is 0. The van der Waals surface area contributed by atoms with Gasteiger partial charge < -0.3 is 4.74 Å². The van der Waals surface area contributed by atoms with Gasteiger partial charge in [0.1, 0.15) is 5.75 Å². The topological polar surface area (TPSA) is 9.23 Å². The molecule has 0 aromatic heterocycles. The molecule has 0 radical (unpaired) electrons. The Hall–Kier alpha value is -0.500. The first kappa shape index (κ1) is 13.6.